The highest BCUT2D eigenvalue weighted by atomic mass is 17.2. The van der Waals surface area contributed by atoms with Gasteiger partial charge in [0.1, 0.15) is 0 Å². The number of hydrogen-bond donors (Lipinski definition) is 0. The van der Waals surface area contributed by atoms with Crippen LogP contribution < -0.4 is 0 Å². The maximum absolute atomic E-state index is 6.28. The van der Waals surface area contributed by atoms with E-state index in [2.05, 4.69) is 0 Å². The molecule has 0 spiro atoms. The van der Waals surface area contributed by atoms with E-state index in [0.29, 0.717) is 24.4 Å². The monoisotopic (exact) mass is 296 g/mol. The summed E-state index contributed by atoms with van der Waals surface area (Å²) in [4.78, 5) is 11.4. The smallest absolute Gasteiger partial charge is 0.0932 e. The second-order valence-corrected chi connectivity index (χ2v) is 7.25. The largest absolute Gasteiger partial charge is 0.375 e. The van der Waals surface area contributed by atoms with Crippen molar-refractivity contribution in [3.8, 4) is 0 Å². The molecule has 21 heavy (non-hydrogen) atoms. The molecule has 3 rings (SSSR count). The Morgan fingerprint density at radius 1 is 0.381 bits per heavy atom. The first-order valence-electron chi connectivity index (χ1n) is 9.38. The minimum atomic E-state index is 0.304. The zero-order chi connectivity index (χ0) is 14.3. The van der Waals surface area contributed by atoms with Gasteiger partial charge >= 0.3 is 0 Å². The van der Waals surface area contributed by atoms with Gasteiger partial charge in [-0.3, -0.25) is 0 Å². The third-order valence-electron chi connectivity index (χ3n) is 5.44. The van der Waals surface area contributed by atoms with Crippen molar-refractivity contribution < 1.29 is 14.5 Å². The van der Waals surface area contributed by atoms with Crippen molar-refractivity contribution in [2.45, 2.75) is 114 Å². The molecule has 0 radical (unpaired) electrons. The van der Waals surface area contributed by atoms with Gasteiger partial charge in [0, 0.05) is 0 Å². The van der Waals surface area contributed by atoms with Crippen molar-refractivity contribution in [3.63, 3.8) is 0 Å². The molecule has 122 valence electrons. The summed E-state index contributed by atoms with van der Waals surface area (Å²) >= 11 is 0. The zero-order valence-corrected chi connectivity index (χ0v) is 13.4. The predicted molar refractivity (Wildman–Crippen MR) is 83.0 cm³/mol. The minimum absolute atomic E-state index is 0.304. The van der Waals surface area contributed by atoms with Gasteiger partial charge in [-0.2, -0.15) is 0 Å². The van der Waals surface area contributed by atoms with Gasteiger partial charge in [-0.25, -0.2) is 9.78 Å². The van der Waals surface area contributed by atoms with E-state index in [9.17, 15) is 0 Å². The summed E-state index contributed by atoms with van der Waals surface area (Å²) < 4.78 is 6.28. The van der Waals surface area contributed by atoms with Crippen LogP contribution in [0.4, 0.5) is 0 Å². The second-order valence-electron chi connectivity index (χ2n) is 7.25. The van der Waals surface area contributed by atoms with Crippen molar-refractivity contribution in [1.29, 1.82) is 0 Å². The highest BCUT2D eigenvalue weighted by Crippen LogP contribution is 2.29. The fraction of sp³-hybridized carbons (Fsp3) is 1.00. The maximum atomic E-state index is 6.28. The molecule has 3 saturated carbocycles. The summed E-state index contributed by atoms with van der Waals surface area (Å²) in [6.07, 6.45) is 19.2. The van der Waals surface area contributed by atoms with Crippen molar-refractivity contribution >= 4 is 0 Å². The number of hydrogen-bond acceptors (Lipinski definition) is 3. The van der Waals surface area contributed by atoms with E-state index in [4.69, 9.17) is 14.5 Å². The van der Waals surface area contributed by atoms with E-state index in [0.717, 1.165) is 25.7 Å². The Bertz CT molecular complexity index is 274. The van der Waals surface area contributed by atoms with Gasteiger partial charge in [-0.15, -0.1) is 0 Å². The summed E-state index contributed by atoms with van der Waals surface area (Å²) in [5.74, 6) is 0. The molecule has 0 bridgehead atoms. The molecule has 3 aliphatic carbocycles. The molecule has 0 aromatic carbocycles. The standard InChI is InChI=1S/C18H32O3/c1-3-7-15(8-4-1)19-16-11-13-18(14-12-16)21-20-17-9-5-2-6-10-17/h15-18H,1-14H2. The second kappa shape index (κ2) is 8.50. The van der Waals surface area contributed by atoms with Crippen LogP contribution in [0.25, 0.3) is 0 Å². The lowest BCUT2D eigenvalue weighted by Gasteiger charge is -2.33. The number of ether oxygens (including phenoxy) is 1. The molecule has 0 heterocycles. The summed E-state index contributed by atoms with van der Waals surface area (Å²) in [5.41, 5.74) is 0. The van der Waals surface area contributed by atoms with E-state index >= 15 is 0 Å². The van der Waals surface area contributed by atoms with Crippen LogP contribution in [0.5, 0.6) is 0 Å². The molecule has 3 aliphatic rings. The minimum Gasteiger partial charge on any atom is -0.375 e. The van der Waals surface area contributed by atoms with E-state index in [1.54, 1.807) is 0 Å². The summed E-state index contributed by atoms with van der Waals surface area (Å²) in [6, 6.07) is 0. The Balaban J connectivity index is 1.29. The molecule has 0 saturated heterocycles. The number of rotatable bonds is 5. The van der Waals surface area contributed by atoms with Crippen LogP contribution in [-0.4, -0.2) is 24.4 Å². The lowest BCUT2D eigenvalue weighted by molar-refractivity contribution is -0.359. The quantitative estimate of drug-likeness (QED) is 0.532. The van der Waals surface area contributed by atoms with Crippen LogP contribution in [0, 0.1) is 0 Å². The normalized spacial score (nSPS) is 33.1. The van der Waals surface area contributed by atoms with Crippen molar-refractivity contribution in [2.75, 3.05) is 0 Å². The van der Waals surface area contributed by atoms with Crippen molar-refractivity contribution in [1.82, 2.24) is 0 Å². The van der Waals surface area contributed by atoms with Gasteiger partial charge in [0.05, 0.1) is 24.4 Å². The Morgan fingerprint density at radius 3 is 1.33 bits per heavy atom. The van der Waals surface area contributed by atoms with Crippen LogP contribution in [0.2, 0.25) is 0 Å². The molecule has 0 atom stereocenters. The Labute approximate surface area is 129 Å². The SMILES string of the molecule is C1CCC(OOC2CCC(OC3CCCCC3)CC2)CC1. The third-order valence-corrected chi connectivity index (χ3v) is 5.44. The van der Waals surface area contributed by atoms with Crippen LogP contribution >= 0.6 is 0 Å². The Kier molecular flexibility index (Phi) is 6.38. The molecular weight excluding hydrogens is 264 g/mol. The molecule has 0 amide bonds. The first-order valence-corrected chi connectivity index (χ1v) is 9.38. The maximum Gasteiger partial charge on any atom is 0.0932 e. The molecule has 3 heteroatoms. The van der Waals surface area contributed by atoms with Crippen LogP contribution in [0.15, 0.2) is 0 Å². The third kappa shape index (κ3) is 5.22. The van der Waals surface area contributed by atoms with Crippen LogP contribution in [0.3, 0.4) is 0 Å². The van der Waals surface area contributed by atoms with Gasteiger partial charge in [0.15, 0.2) is 0 Å². The van der Waals surface area contributed by atoms with E-state index in [1.807, 2.05) is 0 Å². The van der Waals surface area contributed by atoms with Gasteiger partial charge in [-0.1, -0.05) is 38.5 Å². The predicted octanol–water partition coefficient (Wildman–Crippen LogP) is 4.93. The molecule has 0 aromatic heterocycles. The lowest BCUT2D eigenvalue weighted by atomic mass is 9.93. The average molecular weight is 296 g/mol. The van der Waals surface area contributed by atoms with Crippen LogP contribution in [-0.2, 0) is 14.5 Å². The summed E-state index contributed by atoms with van der Waals surface area (Å²) in [7, 11) is 0. The van der Waals surface area contributed by atoms with Gasteiger partial charge < -0.3 is 4.74 Å². The first kappa shape index (κ1) is 15.8. The van der Waals surface area contributed by atoms with Crippen LogP contribution in [0.1, 0.15) is 89.9 Å². The molecular formula is C18H32O3. The lowest BCUT2D eigenvalue weighted by Crippen LogP contribution is -2.31. The highest BCUT2D eigenvalue weighted by Gasteiger charge is 2.27. The summed E-state index contributed by atoms with van der Waals surface area (Å²) in [6.45, 7) is 0. The van der Waals surface area contributed by atoms with Gasteiger partial charge in [0.2, 0.25) is 0 Å². The molecule has 0 aromatic rings. The summed E-state index contributed by atoms with van der Waals surface area (Å²) in [5, 5.41) is 0. The van der Waals surface area contributed by atoms with Gasteiger partial charge in [0.25, 0.3) is 0 Å². The van der Waals surface area contributed by atoms with E-state index in [1.165, 1.54) is 64.2 Å². The van der Waals surface area contributed by atoms with Crippen molar-refractivity contribution in [3.05, 3.63) is 0 Å². The Hall–Kier alpha value is -0.120. The molecule has 3 nitrogen and oxygen atoms in total. The Morgan fingerprint density at radius 2 is 0.762 bits per heavy atom. The molecule has 0 aliphatic heterocycles. The van der Waals surface area contributed by atoms with Crippen molar-refractivity contribution in [2.24, 2.45) is 0 Å². The molecule has 0 N–H and O–H groups in total. The van der Waals surface area contributed by atoms with Gasteiger partial charge in [-0.05, 0) is 51.4 Å². The molecule has 0 unspecified atom stereocenters. The topological polar surface area (TPSA) is 27.7 Å². The first-order chi connectivity index (χ1) is 10.4. The van der Waals surface area contributed by atoms with E-state index in [-0.39, 0.29) is 0 Å². The fourth-order valence-corrected chi connectivity index (χ4v) is 4.06. The molecule has 3 fully saturated rings. The fourth-order valence-electron chi connectivity index (χ4n) is 4.06. The average Bonchev–Trinajstić information content (AvgIpc) is 2.56. The van der Waals surface area contributed by atoms with E-state index < -0.39 is 0 Å². The highest BCUT2D eigenvalue weighted by molar-refractivity contribution is 4.75. The zero-order valence-electron chi connectivity index (χ0n) is 13.4.